The fourth-order valence-corrected chi connectivity index (χ4v) is 2.54. The Morgan fingerprint density at radius 1 is 1.63 bits per heavy atom. The molecule has 0 amide bonds. The summed E-state index contributed by atoms with van der Waals surface area (Å²) in [7, 11) is 0. The van der Waals surface area contributed by atoms with Gasteiger partial charge in [0, 0.05) is 25.3 Å². The second-order valence-corrected chi connectivity index (χ2v) is 5.96. The normalized spacial score (nSPS) is 22.5. The Bertz CT molecular complexity index is 504. The lowest BCUT2D eigenvalue weighted by Gasteiger charge is -2.24. The minimum atomic E-state index is -0.512. The lowest BCUT2D eigenvalue weighted by Crippen LogP contribution is -2.32. The van der Waals surface area contributed by atoms with E-state index in [0.29, 0.717) is 13.2 Å². The molecule has 5 nitrogen and oxygen atoms in total. The topological polar surface area (TPSA) is 64.4 Å². The average Bonchev–Trinajstić information content (AvgIpc) is 2.77. The van der Waals surface area contributed by atoms with Crippen molar-refractivity contribution in [3.8, 4) is 0 Å². The maximum absolute atomic E-state index is 13.5. The molecular formula is C12H14FIN2O3. The zero-order valence-electron chi connectivity index (χ0n) is 10.4. The minimum absolute atomic E-state index is 0.118. The number of benzene rings is 1. The van der Waals surface area contributed by atoms with E-state index in [1.54, 1.807) is 22.6 Å². The Balaban J connectivity index is 2.19. The summed E-state index contributed by atoms with van der Waals surface area (Å²) in [5.74, 6) is -0.466. The number of hydrogen-bond acceptors (Lipinski definition) is 4. The van der Waals surface area contributed by atoms with Crippen molar-refractivity contribution in [3.63, 3.8) is 0 Å². The van der Waals surface area contributed by atoms with E-state index in [0.717, 1.165) is 18.9 Å². The molecule has 1 heterocycles. The number of hydrogen-bond donors (Lipinski definition) is 1. The number of nitrogens with zero attached hydrogens (tertiary/aromatic N) is 1. The molecule has 0 saturated carbocycles. The number of rotatable bonds is 4. The highest BCUT2D eigenvalue weighted by Gasteiger charge is 2.30. The fraction of sp³-hybridized carbons (Fsp3) is 0.500. The molecule has 19 heavy (non-hydrogen) atoms. The van der Waals surface area contributed by atoms with Crippen LogP contribution in [0.4, 0.5) is 15.8 Å². The number of anilines is 1. The average molecular weight is 380 g/mol. The second-order valence-electron chi connectivity index (χ2n) is 4.80. The number of nitro benzene ring substituents is 1. The van der Waals surface area contributed by atoms with Crippen molar-refractivity contribution in [2.45, 2.75) is 25.4 Å². The van der Waals surface area contributed by atoms with Gasteiger partial charge in [-0.1, -0.05) is 0 Å². The molecule has 1 N–H and O–H groups in total. The first-order valence-corrected chi connectivity index (χ1v) is 7.00. The van der Waals surface area contributed by atoms with E-state index in [1.807, 2.05) is 6.92 Å². The number of nitro groups is 1. The standard InChI is InChI=1S/C12H14FIN2O3/c1-12(3-2-4-19-12)7-15-10-5-8(13)9(14)6-11(10)16(17)18/h5-6,15H,2-4,7H2,1H3. The summed E-state index contributed by atoms with van der Waals surface area (Å²) in [5.41, 5.74) is -0.264. The van der Waals surface area contributed by atoms with Gasteiger partial charge in [-0.2, -0.15) is 0 Å². The van der Waals surface area contributed by atoms with Gasteiger partial charge in [-0.3, -0.25) is 10.1 Å². The summed E-state index contributed by atoms with van der Waals surface area (Å²) >= 11 is 1.74. The summed E-state index contributed by atoms with van der Waals surface area (Å²) < 4.78 is 19.3. The number of halogens is 2. The Labute approximate surface area is 123 Å². The van der Waals surface area contributed by atoms with E-state index in [1.165, 1.54) is 6.07 Å². The summed E-state index contributed by atoms with van der Waals surface area (Å²) in [4.78, 5) is 10.5. The van der Waals surface area contributed by atoms with Crippen LogP contribution in [0.1, 0.15) is 19.8 Å². The number of nitrogens with one attached hydrogen (secondary N) is 1. The molecule has 0 bridgehead atoms. The SMILES string of the molecule is CC1(CNc2cc(F)c(I)cc2[N+](=O)[O-])CCCO1. The minimum Gasteiger partial charge on any atom is -0.377 e. The molecule has 2 rings (SSSR count). The first kappa shape index (κ1) is 14.4. The van der Waals surface area contributed by atoms with Gasteiger partial charge in [-0.05, 0) is 42.4 Å². The van der Waals surface area contributed by atoms with Gasteiger partial charge < -0.3 is 10.1 Å². The molecule has 1 aromatic carbocycles. The molecule has 0 radical (unpaired) electrons. The molecule has 0 aliphatic carbocycles. The van der Waals surface area contributed by atoms with E-state index in [-0.39, 0.29) is 20.5 Å². The van der Waals surface area contributed by atoms with E-state index in [9.17, 15) is 14.5 Å². The first-order valence-electron chi connectivity index (χ1n) is 5.92. The van der Waals surface area contributed by atoms with Gasteiger partial charge in [-0.15, -0.1) is 0 Å². The van der Waals surface area contributed by atoms with Gasteiger partial charge in [0.2, 0.25) is 0 Å². The molecule has 1 saturated heterocycles. The van der Waals surface area contributed by atoms with Gasteiger partial charge in [-0.25, -0.2) is 4.39 Å². The smallest absolute Gasteiger partial charge is 0.293 e. The summed E-state index contributed by atoms with van der Waals surface area (Å²) in [6.45, 7) is 3.07. The molecule has 1 aliphatic rings. The summed E-state index contributed by atoms with van der Waals surface area (Å²) in [6, 6.07) is 2.40. The third-order valence-electron chi connectivity index (χ3n) is 3.19. The van der Waals surface area contributed by atoms with Crippen molar-refractivity contribution in [2.24, 2.45) is 0 Å². The fourth-order valence-electron chi connectivity index (χ4n) is 2.09. The molecule has 104 valence electrons. The number of ether oxygens (including phenoxy) is 1. The van der Waals surface area contributed by atoms with Gasteiger partial charge in [0.15, 0.2) is 0 Å². The monoisotopic (exact) mass is 380 g/mol. The van der Waals surface area contributed by atoms with Crippen LogP contribution in [0.25, 0.3) is 0 Å². The lowest BCUT2D eigenvalue weighted by molar-refractivity contribution is -0.384. The van der Waals surface area contributed by atoms with Gasteiger partial charge >= 0.3 is 0 Å². The van der Waals surface area contributed by atoms with Crippen LogP contribution >= 0.6 is 22.6 Å². The quantitative estimate of drug-likeness (QED) is 0.495. The molecule has 0 aromatic heterocycles. The van der Waals surface area contributed by atoms with Crippen LogP contribution in [0.15, 0.2) is 12.1 Å². The van der Waals surface area contributed by atoms with Gasteiger partial charge in [0.05, 0.1) is 14.1 Å². The Kier molecular flexibility index (Phi) is 4.24. The van der Waals surface area contributed by atoms with Crippen molar-refractivity contribution >= 4 is 34.0 Å². The molecule has 1 fully saturated rings. The third-order valence-corrected chi connectivity index (χ3v) is 4.02. The molecule has 1 aromatic rings. The zero-order chi connectivity index (χ0) is 14.0. The molecule has 1 unspecified atom stereocenters. The van der Waals surface area contributed by atoms with E-state index in [4.69, 9.17) is 4.74 Å². The van der Waals surface area contributed by atoms with Crippen LogP contribution in [0.3, 0.4) is 0 Å². The third kappa shape index (κ3) is 3.33. The highest BCUT2D eigenvalue weighted by molar-refractivity contribution is 14.1. The van der Waals surface area contributed by atoms with Crippen molar-refractivity contribution in [3.05, 3.63) is 31.6 Å². The van der Waals surface area contributed by atoms with Crippen LogP contribution in [0.5, 0.6) is 0 Å². The second kappa shape index (κ2) is 5.58. The van der Waals surface area contributed by atoms with Crippen molar-refractivity contribution in [2.75, 3.05) is 18.5 Å². The maximum Gasteiger partial charge on any atom is 0.293 e. The van der Waals surface area contributed by atoms with Crippen molar-refractivity contribution in [1.82, 2.24) is 0 Å². The maximum atomic E-state index is 13.5. The molecule has 0 spiro atoms. The van der Waals surface area contributed by atoms with E-state index >= 15 is 0 Å². The Morgan fingerprint density at radius 2 is 2.37 bits per heavy atom. The van der Waals surface area contributed by atoms with Gasteiger partial charge in [0.1, 0.15) is 11.5 Å². The van der Waals surface area contributed by atoms with Crippen LogP contribution < -0.4 is 5.32 Å². The molecule has 7 heteroatoms. The van der Waals surface area contributed by atoms with E-state index in [2.05, 4.69) is 5.32 Å². The zero-order valence-corrected chi connectivity index (χ0v) is 12.6. The van der Waals surface area contributed by atoms with Crippen LogP contribution in [0, 0.1) is 19.5 Å². The Hall–Kier alpha value is -0.960. The highest BCUT2D eigenvalue weighted by atomic mass is 127. The first-order chi connectivity index (χ1) is 8.91. The predicted octanol–water partition coefficient (Wildman–Crippen LogP) is 3.32. The largest absolute Gasteiger partial charge is 0.377 e. The van der Waals surface area contributed by atoms with Crippen molar-refractivity contribution in [1.29, 1.82) is 0 Å². The van der Waals surface area contributed by atoms with E-state index < -0.39 is 10.7 Å². The molecule has 1 aliphatic heterocycles. The summed E-state index contributed by atoms with van der Waals surface area (Å²) in [6.07, 6.45) is 1.86. The van der Waals surface area contributed by atoms with Crippen LogP contribution in [0.2, 0.25) is 0 Å². The van der Waals surface area contributed by atoms with Crippen LogP contribution in [-0.4, -0.2) is 23.7 Å². The van der Waals surface area contributed by atoms with Gasteiger partial charge in [0.25, 0.3) is 5.69 Å². The predicted molar refractivity (Wildman–Crippen MR) is 77.9 cm³/mol. The summed E-state index contributed by atoms with van der Waals surface area (Å²) in [5, 5.41) is 13.9. The van der Waals surface area contributed by atoms with Crippen LogP contribution in [-0.2, 0) is 4.74 Å². The molecule has 1 atom stereocenters. The highest BCUT2D eigenvalue weighted by Crippen LogP contribution is 2.31. The Morgan fingerprint density at radius 3 is 2.95 bits per heavy atom. The van der Waals surface area contributed by atoms with Crippen molar-refractivity contribution < 1.29 is 14.1 Å². The molecular weight excluding hydrogens is 366 g/mol. The lowest BCUT2D eigenvalue weighted by atomic mass is 10.0.